The number of nitrogens with one attached hydrogen (secondary N) is 2. The van der Waals surface area contributed by atoms with Gasteiger partial charge in [-0.1, -0.05) is 6.07 Å². The summed E-state index contributed by atoms with van der Waals surface area (Å²) in [6, 6.07) is 3.49. The van der Waals surface area contributed by atoms with Crippen molar-refractivity contribution >= 4 is 23.3 Å². The topological polar surface area (TPSA) is 78.4 Å². The predicted octanol–water partition coefficient (Wildman–Crippen LogP) is 0.674. The summed E-state index contributed by atoms with van der Waals surface area (Å²) in [6.07, 6.45) is 0.762. The van der Waals surface area contributed by atoms with Crippen molar-refractivity contribution < 1.29 is 14.7 Å². The molecular weight excluding hydrogens is 216 g/mol. The summed E-state index contributed by atoms with van der Waals surface area (Å²) >= 11 is 1.63. The van der Waals surface area contributed by atoms with Gasteiger partial charge in [-0.3, -0.25) is 4.79 Å². The zero-order valence-electron chi connectivity index (χ0n) is 8.03. The molecule has 0 aliphatic rings. The lowest BCUT2D eigenvalue weighted by atomic mass is 10.3. The number of carboxylic acids is 1. The van der Waals surface area contributed by atoms with Crippen LogP contribution >= 0.6 is 11.3 Å². The molecule has 0 aromatic carbocycles. The van der Waals surface area contributed by atoms with Crippen LogP contribution in [-0.2, 0) is 11.2 Å². The minimum Gasteiger partial charge on any atom is -0.480 e. The zero-order valence-corrected chi connectivity index (χ0v) is 8.84. The number of carbonyl (C=O) groups is 2. The second-order valence-electron chi connectivity index (χ2n) is 2.83. The first-order valence-electron chi connectivity index (χ1n) is 4.44. The van der Waals surface area contributed by atoms with Gasteiger partial charge in [0.05, 0.1) is 0 Å². The minimum absolute atomic E-state index is 0.356. The number of hydrogen-bond donors (Lipinski definition) is 3. The zero-order chi connectivity index (χ0) is 11.1. The maximum Gasteiger partial charge on any atom is 0.323 e. The van der Waals surface area contributed by atoms with Gasteiger partial charge in [-0.2, -0.15) is 0 Å². The molecule has 82 valence electrons. The van der Waals surface area contributed by atoms with E-state index >= 15 is 0 Å². The molecule has 0 aliphatic carbocycles. The van der Waals surface area contributed by atoms with Crippen molar-refractivity contribution in [2.75, 3.05) is 13.1 Å². The highest BCUT2D eigenvalue weighted by atomic mass is 32.1. The van der Waals surface area contributed by atoms with E-state index < -0.39 is 12.0 Å². The molecule has 6 heteroatoms. The molecule has 0 atom stereocenters. The van der Waals surface area contributed by atoms with Gasteiger partial charge in [-0.15, -0.1) is 11.3 Å². The van der Waals surface area contributed by atoms with E-state index in [1.54, 1.807) is 11.3 Å². The van der Waals surface area contributed by atoms with Gasteiger partial charge in [0.15, 0.2) is 0 Å². The van der Waals surface area contributed by atoms with Crippen LogP contribution in [0, 0.1) is 0 Å². The first-order chi connectivity index (χ1) is 7.18. The smallest absolute Gasteiger partial charge is 0.323 e. The number of hydrogen-bond acceptors (Lipinski definition) is 3. The van der Waals surface area contributed by atoms with Crippen molar-refractivity contribution in [3.8, 4) is 0 Å². The number of amides is 2. The molecule has 1 aromatic heterocycles. The fraction of sp³-hybridized carbons (Fsp3) is 0.333. The summed E-state index contributed by atoms with van der Waals surface area (Å²) in [5.74, 6) is -1.05. The number of carboxylic acid groups (broad SMARTS) is 1. The molecule has 0 spiro atoms. The molecule has 2 amide bonds. The third-order valence-electron chi connectivity index (χ3n) is 1.64. The summed E-state index contributed by atoms with van der Waals surface area (Å²) in [5.41, 5.74) is 0. The van der Waals surface area contributed by atoms with Crippen LogP contribution in [-0.4, -0.2) is 30.2 Å². The first-order valence-corrected chi connectivity index (χ1v) is 5.32. The largest absolute Gasteiger partial charge is 0.480 e. The second-order valence-corrected chi connectivity index (χ2v) is 3.86. The van der Waals surface area contributed by atoms with E-state index in [1.165, 1.54) is 4.88 Å². The molecular formula is C9H12N2O3S. The van der Waals surface area contributed by atoms with Gasteiger partial charge >= 0.3 is 12.0 Å². The number of rotatable bonds is 5. The quantitative estimate of drug-likeness (QED) is 0.693. The number of carbonyl (C=O) groups excluding carboxylic acids is 1. The third-order valence-corrected chi connectivity index (χ3v) is 2.57. The Bertz CT molecular complexity index is 324. The molecule has 1 aromatic rings. The molecule has 0 fully saturated rings. The Labute approximate surface area is 91.1 Å². The van der Waals surface area contributed by atoms with E-state index in [2.05, 4.69) is 10.6 Å². The molecule has 1 rings (SSSR count). The molecule has 0 bridgehead atoms. The van der Waals surface area contributed by atoms with Crippen LogP contribution in [0.3, 0.4) is 0 Å². The van der Waals surface area contributed by atoms with Crippen LogP contribution in [0.25, 0.3) is 0 Å². The van der Waals surface area contributed by atoms with Crippen LogP contribution in [0.4, 0.5) is 4.79 Å². The lowest BCUT2D eigenvalue weighted by Crippen LogP contribution is -2.39. The minimum atomic E-state index is -1.05. The van der Waals surface area contributed by atoms with Crippen molar-refractivity contribution in [3.05, 3.63) is 22.4 Å². The average molecular weight is 228 g/mol. The van der Waals surface area contributed by atoms with Crippen molar-refractivity contribution in [1.29, 1.82) is 0 Å². The normalized spacial score (nSPS) is 9.60. The van der Waals surface area contributed by atoms with Crippen molar-refractivity contribution in [2.24, 2.45) is 0 Å². The molecule has 0 unspecified atom stereocenters. The maximum absolute atomic E-state index is 11.0. The molecule has 0 radical (unpaired) electrons. The molecule has 0 aliphatic heterocycles. The van der Waals surface area contributed by atoms with Crippen LogP contribution in [0.5, 0.6) is 0 Å². The second kappa shape index (κ2) is 6.02. The van der Waals surface area contributed by atoms with Crippen molar-refractivity contribution in [1.82, 2.24) is 10.6 Å². The molecule has 5 nitrogen and oxygen atoms in total. The van der Waals surface area contributed by atoms with Gasteiger partial charge in [0, 0.05) is 11.4 Å². The van der Waals surface area contributed by atoms with E-state index in [0.717, 1.165) is 6.42 Å². The Balaban J connectivity index is 2.09. The molecule has 15 heavy (non-hydrogen) atoms. The molecule has 1 heterocycles. The SMILES string of the molecule is O=C(O)CNC(=O)NCCc1cccs1. The van der Waals surface area contributed by atoms with E-state index in [1.807, 2.05) is 17.5 Å². The number of urea groups is 1. The summed E-state index contributed by atoms with van der Waals surface area (Å²) in [7, 11) is 0. The monoisotopic (exact) mass is 228 g/mol. The Morgan fingerprint density at radius 1 is 1.40 bits per heavy atom. The summed E-state index contributed by atoms with van der Waals surface area (Å²) in [4.78, 5) is 22.3. The van der Waals surface area contributed by atoms with E-state index in [0.29, 0.717) is 6.54 Å². The third kappa shape index (κ3) is 5.02. The molecule has 0 saturated heterocycles. The van der Waals surface area contributed by atoms with Crippen LogP contribution in [0.1, 0.15) is 4.88 Å². The fourth-order valence-corrected chi connectivity index (χ4v) is 1.68. The van der Waals surface area contributed by atoms with Crippen LogP contribution in [0.15, 0.2) is 17.5 Å². The highest BCUT2D eigenvalue weighted by Crippen LogP contribution is 2.07. The van der Waals surface area contributed by atoms with Crippen LogP contribution < -0.4 is 10.6 Å². The Morgan fingerprint density at radius 3 is 2.80 bits per heavy atom. The standard InChI is InChI=1S/C9H12N2O3S/c12-8(13)6-11-9(14)10-4-3-7-2-1-5-15-7/h1-2,5H,3-4,6H2,(H,12,13)(H2,10,11,14). The van der Waals surface area contributed by atoms with Gasteiger partial charge in [0.1, 0.15) is 6.54 Å². The van der Waals surface area contributed by atoms with Gasteiger partial charge < -0.3 is 15.7 Å². The van der Waals surface area contributed by atoms with Gasteiger partial charge in [0.25, 0.3) is 0 Å². The van der Waals surface area contributed by atoms with Crippen molar-refractivity contribution in [3.63, 3.8) is 0 Å². The Hall–Kier alpha value is -1.56. The lowest BCUT2D eigenvalue weighted by Gasteiger charge is -2.04. The van der Waals surface area contributed by atoms with E-state index in [4.69, 9.17) is 5.11 Å². The maximum atomic E-state index is 11.0. The van der Waals surface area contributed by atoms with Crippen LogP contribution in [0.2, 0.25) is 0 Å². The Kier molecular flexibility index (Phi) is 4.62. The van der Waals surface area contributed by atoms with Gasteiger partial charge in [-0.25, -0.2) is 4.79 Å². The number of thiophene rings is 1. The fourth-order valence-electron chi connectivity index (χ4n) is 0.972. The Morgan fingerprint density at radius 2 is 2.20 bits per heavy atom. The highest BCUT2D eigenvalue weighted by molar-refractivity contribution is 7.09. The summed E-state index contributed by atoms with van der Waals surface area (Å²) in [6.45, 7) is 0.150. The summed E-state index contributed by atoms with van der Waals surface area (Å²) in [5, 5.41) is 15.1. The van der Waals surface area contributed by atoms with E-state index in [-0.39, 0.29) is 6.54 Å². The number of aliphatic carboxylic acids is 1. The predicted molar refractivity (Wildman–Crippen MR) is 57.1 cm³/mol. The summed E-state index contributed by atoms with van der Waals surface area (Å²) < 4.78 is 0. The average Bonchev–Trinajstić information content (AvgIpc) is 2.67. The van der Waals surface area contributed by atoms with E-state index in [9.17, 15) is 9.59 Å². The highest BCUT2D eigenvalue weighted by Gasteiger charge is 2.02. The van der Waals surface area contributed by atoms with Gasteiger partial charge in [0.2, 0.25) is 0 Å². The first kappa shape index (κ1) is 11.5. The lowest BCUT2D eigenvalue weighted by molar-refractivity contribution is -0.135. The molecule has 0 saturated carbocycles. The molecule has 3 N–H and O–H groups in total. The van der Waals surface area contributed by atoms with Gasteiger partial charge in [-0.05, 0) is 17.9 Å². The van der Waals surface area contributed by atoms with Crippen molar-refractivity contribution in [2.45, 2.75) is 6.42 Å².